The van der Waals surface area contributed by atoms with Gasteiger partial charge < -0.3 is 4.74 Å². The molecule has 5 atom stereocenters. The fourth-order valence-electron chi connectivity index (χ4n) is 7.48. The molecular formula is C30H33NO4. The summed E-state index contributed by atoms with van der Waals surface area (Å²) in [5.74, 6) is -0.883. The molecule has 0 N–H and O–H groups in total. The number of rotatable bonds is 4. The molecule has 5 heteroatoms. The van der Waals surface area contributed by atoms with E-state index in [1.54, 1.807) is 0 Å². The molecule has 2 aromatic carbocycles. The summed E-state index contributed by atoms with van der Waals surface area (Å²) < 4.78 is 5.96. The lowest BCUT2D eigenvalue weighted by Crippen LogP contribution is -2.41. The Kier molecular flexibility index (Phi) is 5.35. The maximum absolute atomic E-state index is 13.7. The Labute approximate surface area is 206 Å². The van der Waals surface area contributed by atoms with Crippen molar-refractivity contribution in [2.75, 3.05) is 6.54 Å². The van der Waals surface area contributed by atoms with Gasteiger partial charge in [-0.15, -0.1) is 0 Å². The summed E-state index contributed by atoms with van der Waals surface area (Å²) in [5.41, 5.74) is 4.55. The first-order valence-corrected chi connectivity index (χ1v) is 13.1. The normalized spacial score (nSPS) is 32.9. The number of carbonyl (C=O) groups excluding carboxylic acids is 3. The predicted octanol–water partition coefficient (Wildman–Crippen LogP) is 4.88. The molecule has 1 heterocycles. The van der Waals surface area contributed by atoms with Crippen molar-refractivity contribution < 1.29 is 19.1 Å². The van der Waals surface area contributed by atoms with Crippen LogP contribution in [0.5, 0.6) is 0 Å². The molecule has 1 saturated heterocycles. The van der Waals surface area contributed by atoms with E-state index in [-0.39, 0.29) is 36.3 Å². The molecule has 2 fully saturated rings. The van der Waals surface area contributed by atoms with Gasteiger partial charge in [-0.25, -0.2) is 0 Å². The largest absolute Gasteiger partial charge is 0.461 e. The van der Waals surface area contributed by atoms with E-state index in [2.05, 4.69) is 45.0 Å². The molecule has 1 aliphatic heterocycles. The highest BCUT2D eigenvalue weighted by atomic mass is 16.5. The van der Waals surface area contributed by atoms with Crippen molar-refractivity contribution >= 4 is 17.8 Å². The molecule has 1 saturated carbocycles. The van der Waals surface area contributed by atoms with Crippen molar-refractivity contribution in [2.45, 2.75) is 58.0 Å². The molecule has 0 radical (unpaired) electrons. The van der Waals surface area contributed by atoms with Gasteiger partial charge in [0.2, 0.25) is 11.8 Å². The molecule has 2 bridgehead atoms. The van der Waals surface area contributed by atoms with Crippen molar-refractivity contribution in [2.24, 2.45) is 29.6 Å². The van der Waals surface area contributed by atoms with Gasteiger partial charge in [0.25, 0.3) is 0 Å². The Hall–Kier alpha value is -2.95. The maximum atomic E-state index is 13.7. The standard InChI is InChI=1S/C30H33NO4/c1-16(2)18-13-12-17(3)14-23(18)35-24(32)15-31-29(33)27-25-19-8-4-5-9-20(19)26(28(27)30(31)34)22-11-7-6-10-21(22)25/h4-11,16-18,23,25-28H,12-15H2,1-3H3/t17-,18-,23-,25?,26?,27+,28+/m1/s1. The van der Waals surface area contributed by atoms with Gasteiger partial charge in [0, 0.05) is 11.8 Å². The number of hydrogen-bond donors (Lipinski definition) is 0. The van der Waals surface area contributed by atoms with Crippen LogP contribution in [0.25, 0.3) is 0 Å². The Morgan fingerprint density at radius 1 is 0.886 bits per heavy atom. The van der Waals surface area contributed by atoms with Crippen molar-refractivity contribution in [3.05, 3.63) is 70.8 Å². The minimum Gasteiger partial charge on any atom is -0.461 e. The zero-order valence-corrected chi connectivity index (χ0v) is 20.6. The van der Waals surface area contributed by atoms with Crippen LogP contribution >= 0.6 is 0 Å². The molecule has 7 rings (SSSR count). The monoisotopic (exact) mass is 471 g/mol. The first-order chi connectivity index (χ1) is 16.9. The van der Waals surface area contributed by atoms with Crippen LogP contribution in [0.3, 0.4) is 0 Å². The van der Waals surface area contributed by atoms with Gasteiger partial charge >= 0.3 is 5.97 Å². The quantitative estimate of drug-likeness (QED) is 0.471. The van der Waals surface area contributed by atoms with Gasteiger partial charge in [0.05, 0.1) is 11.8 Å². The van der Waals surface area contributed by atoms with Gasteiger partial charge in [0.1, 0.15) is 12.6 Å². The van der Waals surface area contributed by atoms with Crippen LogP contribution in [0.1, 0.15) is 74.1 Å². The summed E-state index contributed by atoms with van der Waals surface area (Å²) in [5, 5.41) is 0. The maximum Gasteiger partial charge on any atom is 0.326 e. The number of esters is 1. The molecule has 0 spiro atoms. The zero-order valence-electron chi connectivity index (χ0n) is 20.6. The summed E-state index contributed by atoms with van der Waals surface area (Å²) in [6, 6.07) is 16.4. The zero-order chi connectivity index (χ0) is 24.4. The van der Waals surface area contributed by atoms with Crippen LogP contribution in [-0.4, -0.2) is 35.3 Å². The number of benzene rings is 2. The van der Waals surface area contributed by atoms with Crippen molar-refractivity contribution in [1.29, 1.82) is 0 Å². The molecule has 35 heavy (non-hydrogen) atoms. The SMILES string of the molecule is CC(C)[C@H]1CC[C@@H](C)C[C@H]1OC(=O)CN1C(=O)[C@H]2C3c4ccccc4C(c4ccccc43)[C@@H]2C1=O. The average Bonchev–Trinajstić information content (AvgIpc) is 3.09. The second kappa shape index (κ2) is 8.32. The van der Waals surface area contributed by atoms with E-state index in [0.717, 1.165) is 41.5 Å². The van der Waals surface area contributed by atoms with Gasteiger partial charge in [-0.05, 0) is 52.8 Å². The van der Waals surface area contributed by atoms with Crippen LogP contribution in [0.15, 0.2) is 48.5 Å². The summed E-state index contributed by atoms with van der Waals surface area (Å²) in [4.78, 5) is 41.7. The van der Waals surface area contributed by atoms with Crippen molar-refractivity contribution in [3.8, 4) is 0 Å². The highest BCUT2D eigenvalue weighted by molar-refractivity contribution is 6.09. The molecule has 0 aromatic heterocycles. The fourth-order valence-corrected chi connectivity index (χ4v) is 7.48. The minimum atomic E-state index is -0.461. The minimum absolute atomic E-state index is 0.147. The third-order valence-electron chi connectivity index (χ3n) is 9.07. The van der Waals surface area contributed by atoms with E-state index >= 15 is 0 Å². The Balaban J connectivity index is 1.28. The topological polar surface area (TPSA) is 63.7 Å². The molecule has 5 aliphatic rings. The molecular weight excluding hydrogens is 438 g/mol. The van der Waals surface area contributed by atoms with Gasteiger partial charge in [-0.1, -0.05) is 75.7 Å². The number of hydrogen-bond acceptors (Lipinski definition) is 4. The number of nitrogens with zero attached hydrogens (tertiary/aromatic N) is 1. The lowest BCUT2D eigenvalue weighted by molar-refractivity contribution is -0.161. The smallest absolute Gasteiger partial charge is 0.326 e. The second-order valence-corrected chi connectivity index (χ2v) is 11.4. The number of amides is 2. The van der Waals surface area contributed by atoms with Crippen molar-refractivity contribution in [1.82, 2.24) is 4.90 Å². The molecule has 2 amide bonds. The van der Waals surface area contributed by atoms with E-state index in [4.69, 9.17) is 4.74 Å². The molecule has 0 unspecified atom stereocenters. The average molecular weight is 472 g/mol. The summed E-state index contributed by atoms with van der Waals surface area (Å²) in [6.45, 7) is 6.25. The highest BCUT2D eigenvalue weighted by Crippen LogP contribution is 2.60. The summed E-state index contributed by atoms with van der Waals surface area (Å²) in [7, 11) is 0. The van der Waals surface area contributed by atoms with E-state index in [1.165, 1.54) is 4.90 Å². The van der Waals surface area contributed by atoms with Gasteiger partial charge in [-0.3, -0.25) is 19.3 Å². The van der Waals surface area contributed by atoms with Gasteiger partial charge in [-0.2, -0.15) is 0 Å². The Bertz CT molecular complexity index is 1090. The Morgan fingerprint density at radius 2 is 1.37 bits per heavy atom. The first kappa shape index (κ1) is 22.5. The van der Waals surface area contributed by atoms with E-state index < -0.39 is 17.8 Å². The molecule has 5 nitrogen and oxygen atoms in total. The van der Waals surface area contributed by atoms with Crippen LogP contribution in [0.4, 0.5) is 0 Å². The Morgan fingerprint density at radius 3 is 1.83 bits per heavy atom. The second-order valence-electron chi connectivity index (χ2n) is 11.4. The predicted molar refractivity (Wildman–Crippen MR) is 131 cm³/mol. The van der Waals surface area contributed by atoms with Crippen LogP contribution in [0.2, 0.25) is 0 Å². The highest BCUT2D eigenvalue weighted by Gasteiger charge is 2.61. The van der Waals surface area contributed by atoms with E-state index in [1.807, 2.05) is 24.3 Å². The third-order valence-corrected chi connectivity index (χ3v) is 9.07. The number of imide groups is 1. The van der Waals surface area contributed by atoms with Crippen molar-refractivity contribution in [3.63, 3.8) is 0 Å². The lowest BCUT2D eigenvalue weighted by atomic mass is 9.55. The van der Waals surface area contributed by atoms with E-state index in [0.29, 0.717) is 17.8 Å². The van der Waals surface area contributed by atoms with E-state index in [9.17, 15) is 14.4 Å². The van der Waals surface area contributed by atoms with Crippen LogP contribution in [-0.2, 0) is 19.1 Å². The molecule has 182 valence electrons. The van der Waals surface area contributed by atoms with Gasteiger partial charge in [0.15, 0.2) is 0 Å². The fraction of sp³-hybridized carbons (Fsp3) is 0.500. The summed E-state index contributed by atoms with van der Waals surface area (Å²) >= 11 is 0. The van der Waals surface area contributed by atoms with Crippen LogP contribution in [0, 0.1) is 29.6 Å². The number of ether oxygens (including phenoxy) is 1. The number of likely N-dealkylation sites (tertiary alicyclic amines) is 1. The van der Waals surface area contributed by atoms with Crippen LogP contribution < -0.4 is 0 Å². The third kappa shape index (κ3) is 3.38. The molecule has 2 aromatic rings. The number of carbonyl (C=O) groups is 3. The molecule has 4 aliphatic carbocycles. The lowest BCUT2D eigenvalue weighted by Gasteiger charge is -2.45. The first-order valence-electron chi connectivity index (χ1n) is 13.1. The summed E-state index contributed by atoms with van der Waals surface area (Å²) in [6.07, 6.45) is 2.89.